The molecular weight excluding hydrogens is 319 g/mol. The summed E-state index contributed by atoms with van der Waals surface area (Å²) in [6, 6.07) is 10.9. The van der Waals surface area contributed by atoms with Crippen LogP contribution in [0, 0.1) is 19.7 Å². The van der Waals surface area contributed by atoms with Crippen LogP contribution in [0.4, 0.5) is 10.1 Å². The van der Waals surface area contributed by atoms with Gasteiger partial charge in [-0.25, -0.2) is 4.39 Å². The van der Waals surface area contributed by atoms with Crippen molar-refractivity contribution in [1.82, 2.24) is 4.90 Å². The van der Waals surface area contributed by atoms with Crippen LogP contribution in [-0.2, 0) is 4.79 Å². The zero-order valence-electron chi connectivity index (χ0n) is 14.6. The molecule has 0 N–H and O–H groups in total. The van der Waals surface area contributed by atoms with Crippen LogP contribution in [0.3, 0.4) is 0 Å². The molecule has 1 aliphatic rings. The lowest BCUT2D eigenvalue weighted by Crippen LogP contribution is -2.57. The number of hydrogen-bond acceptors (Lipinski definition) is 2. The Morgan fingerprint density at radius 1 is 1.08 bits per heavy atom. The molecule has 0 radical (unpaired) electrons. The summed E-state index contributed by atoms with van der Waals surface area (Å²) in [6.07, 6.45) is 0. The third-order valence-corrected chi connectivity index (χ3v) is 4.79. The number of amides is 2. The third kappa shape index (κ3) is 3.27. The molecule has 5 heteroatoms. The largest absolute Gasteiger partial charge is 0.325 e. The summed E-state index contributed by atoms with van der Waals surface area (Å²) in [5.74, 6) is -0.905. The van der Waals surface area contributed by atoms with E-state index in [2.05, 4.69) is 0 Å². The van der Waals surface area contributed by atoms with Crippen molar-refractivity contribution in [3.63, 3.8) is 0 Å². The molecule has 0 spiro atoms. The zero-order valence-corrected chi connectivity index (χ0v) is 14.6. The van der Waals surface area contributed by atoms with Crippen molar-refractivity contribution < 1.29 is 14.0 Å². The van der Waals surface area contributed by atoms with Gasteiger partial charge in [0, 0.05) is 24.3 Å². The maximum Gasteiger partial charge on any atom is 0.254 e. The molecular formula is C20H21FN2O2. The zero-order chi connectivity index (χ0) is 18.1. The van der Waals surface area contributed by atoms with Crippen molar-refractivity contribution in [1.29, 1.82) is 0 Å². The molecule has 25 heavy (non-hydrogen) atoms. The fourth-order valence-electron chi connectivity index (χ4n) is 3.09. The van der Waals surface area contributed by atoms with Crippen molar-refractivity contribution in [3.8, 4) is 0 Å². The van der Waals surface area contributed by atoms with Crippen LogP contribution in [0.2, 0.25) is 0 Å². The molecule has 1 atom stereocenters. The van der Waals surface area contributed by atoms with Gasteiger partial charge in [-0.15, -0.1) is 0 Å². The first-order chi connectivity index (χ1) is 11.9. The van der Waals surface area contributed by atoms with Crippen LogP contribution in [0.5, 0.6) is 0 Å². The summed E-state index contributed by atoms with van der Waals surface area (Å²) in [5.41, 5.74) is 3.40. The van der Waals surface area contributed by atoms with Crippen LogP contribution in [-0.4, -0.2) is 35.8 Å². The molecule has 130 valence electrons. The van der Waals surface area contributed by atoms with Crippen LogP contribution >= 0.6 is 0 Å². The first-order valence-corrected chi connectivity index (χ1v) is 8.33. The number of rotatable bonds is 2. The Kier molecular flexibility index (Phi) is 4.57. The SMILES string of the molecule is Cc1ccc(N2CCN(C(=O)c3cccc(F)c3)[C@H](C)C2=O)cc1C. The second-order valence-electron chi connectivity index (χ2n) is 6.44. The highest BCUT2D eigenvalue weighted by Gasteiger charge is 2.35. The highest BCUT2D eigenvalue weighted by atomic mass is 19.1. The van der Waals surface area contributed by atoms with E-state index in [9.17, 15) is 14.0 Å². The first kappa shape index (κ1) is 17.1. The van der Waals surface area contributed by atoms with Gasteiger partial charge in [0.05, 0.1) is 0 Å². The molecule has 0 aromatic heterocycles. The van der Waals surface area contributed by atoms with E-state index in [0.29, 0.717) is 13.1 Å². The smallest absolute Gasteiger partial charge is 0.254 e. The summed E-state index contributed by atoms with van der Waals surface area (Å²) in [6.45, 7) is 6.59. The summed E-state index contributed by atoms with van der Waals surface area (Å²) in [4.78, 5) is 28.7. The molecule has 0 saturated carbocycles. The van der Waals surface area contributed by atoms with Crippen molar-refractivity contribution >= 4 is 17.5 Å². The number of benzene rings is 2. The van der Waals surface area contributed by atoms with Gasteiger partial charge < -0.3 is 9.80 Å². The minimum Gasteiger partial charge on any atom is -0.325 e. The molecule has 2 aromatic rings. The lowest BCUT2D eigenvalue weighted by molar-refractivity contribution is -0.124. The normalized spacial score (nSPS) is 17.8. The van der Waals surface area contributed by atoms with Gasteiger partial charge in [0.15, 0.2) is 0 Å². The lowest BCUT2D eigenvalue weighted by atomic mass is 10.1. The second kappa shape index (κ2) is 6.67. The molecule has 4 nitrogen and oxygen atoms in total. The Morgan fingerprint density at radius 2 is 1.84 bits per heavy atom. The molecule has 1 fully saturated rings. The summed E-state index contributed by atoms with van der Waals surface area (Å²) in [5, 5.41) is 0. The van der Waals surface area contributed by atoms with Crippen LogP contribution in [0.15, 0.2) is 42.5 Å². The van der Waals surface area contributed by atoms with Gasteiger partial charge in [0.2, 0.25) is 5.91 Å². The highest BCUT2D eigenvalue weighted by molar-refractivity contribution is 6.03. The Balaban J connectivity index is 1.81. The molecule has 1 saturated heterocycles. The summed E-state index contributed by atoms with van der Waals surface area (Å²) >= 11 is 0. The van der Waals surface area contributed by atoms with Gasteiger partial charge in [-0.3, -0.25) is 9.59 Å². The predicted octanol–water partition coefficient (Wildman–Crippen LogP) is 3.32. The van der Waals surface area contributed by atoms with E-state index in [0.717, 1.165) is 11.3 Å². The highest BCUT2D eigenvalue weighted by Crippen LogP contribution is 2.24. The van der Waals surface area contributed by atoms with Crippen LogP contribution < -0.4 is 4.90 Å². The monoisotopic (exact) mass is 340 g/mol. The van der Waals surface area contributed by atoms with E-state index in [1.165, 1.54) is 28.7 Å². The summed E-state index contributed by atoms with van der Waals surface area (Å²) in [7, 11) is 0. The number of anilines is 1. The number of halogens is 1. The van der Waals surface area contributed by atoms with Crippen LogP contribution in [0.25, 0.3) is 0 Å². The molecule has 1 aliphatic heterocycles. The molecule has 2 aromatic carbocycles. The number of aryl methyl sites for hydroxylation is 2. The lowest BCUT2D eigenvalue weighted by Gasteiger charge is -2.39. The van der Waals surface area contributed by atoms with E-state index in [1.54, 1.807) is 17.9 Å². The average molecular weight is 340 g/mol. The molecule has 1 heterocycles. The van der Waals surface area contributed by atoms with Gasteiger partial charge in [-0.2, -0.15) is 0 Å². The van der Waals surface area contributed by atoms with Crippen molar-refractivity contribution in [3.05, 3.63) is 65.0 Å². The molecule has 0 unspecified atom stereocenters. The van der Waals surface area contributed by atoms with Gasteiger partial charge in [0.25, 0.3) is 5.91 Å². The standard InChI is InChI=1S/C20H21FN2O2/c1-13-7-8-18(11-14(13)2)23-10-9-22(15(3)19(23)24)20(25)16-5-4-6-17(21)12-16/h4-8,11-12,15H,9-10H2,1-3H3/t15-/m1/s1. The van der Waals surface area contributed by atoms with E-state index >= 15 is 0 Å². The third-order valence-electron chi connectivity index (χ3n) is 4.79. The minimum atomic E-state index is -0.592. The number of carbonyl (C=O) groups excluding carboxylic acids is 2. The predicted molar refractivity (Wildman–Crippen MR) is 95.2 cm³/mol. The summed E-state index contributed by atoms with van der Waals surface area (Å²) < 4.78 is 13.4. The minimum absolute atomic E-state index is 0.126. The van der Waals surface area contributed by atoms with E-state index in [4.69, 9.17) is 0 Å². The van der Waals surface area contributed by atoms with Crippen molar-refractivity contribution in [2.75, 3.05) is 18.0 Å². The van der Waals surface area contributed by atoms with E-state index in [-0.39, 0.29) is 17.4 Å². The van der Waals surface area contributed by atoms with Gasteiger partial charge in [0.1, 0.15) is 11.9 Å². The van der Waals surface area contributed by atoms with Gasteiger partial charge in [-0.05, 0) is 62.2 Å². The Hall–Kier alpha value is -2.69. The maximum absolute atomic E-state index is 13.4. The number of piperazine rings is 1. The molecule has 3 rings (SSSR count). The van der Waals surface area contributed by atoms with Crippen LogP contribution in [0.1, 0.15) is 28.4 Å². The Morgan fingerprint density at radius 3 is 2.52 bits per heavy atom. The second-order valence-corrected chi connectivity index (χ2v) is 6.44. The fourth-order valence-corrected chi connectivity index (χ4v) is 3.09. The van der Waals surface area contributed by atoms with E-state index in [1.807, 2.05) is 32.0 Å². The maximum atomic E-state index is 13.4. The Bertz CT molecular complexity index is 834. The quantitative estimate of drug-likeness (QED) is 0.841. The van der Waals surface area contributed by atoms with Crippen molar-refractivity contribution in [2.24, 2.45) is 0 Å². The van der Waals surface area contributed by atoms with E-state index < -0.39 is 11.9 Å². The molecule has 0 aliphatic carbocycles. The molecule has 0 bridgehead atoms. The Labute approximate surface area is 146 Å². The van der Waals surface area contributed by atoms with Gasteiger partial charge >= 0.3 is 0 Å². The first-order valence-electron chi connectivity index (χ1n) is 8.33. The number of carbonyl (C=O) groups is 2. The average Bonchev–Trinajstić information content (AvgIpc) is 2.59. The fraction of sp³-hybridized carbons (Fsp3) is 0.300. The molecule has 2 amide bonds. The number of hydrogen-bond donors (Lipinski definition) is 0. The van der Waals surface area contributed by atoms with Crippen molar-refractivity contribution in [2.45, 2.75) is 26.8 Å². The number of nitrogens with zero attached hydrogens (tertiary/aromatic N) is 2. The van der Waals surface area contributed by atoms with Gasteiger partial charge in [-0.1, -0.05) is 12.1 Å². The topological polar surface area (TPSA) is 40.6 Å².